The fourth-order valence-electron chi connectivity index (χ4n) is 4.97. The molecular weight excluding hydrogens is 480 g/mol. The molecule has 0 heterocycles. The summed E-state index contributed by atoms with van der Waals surface area (Å²) in [6.07, 6.45) is 38.4. The van der Waals surface area contributed by atoms with Crippen LogP contribution in [0.3, 0.4) is 0 Å². The lowest BCUT2D eigenvalue weighted by molar-refractivity contribution is 0.427. The van der Waals surface area contributed by atoms with E-state index in [0.29, 0.717) is 0 Å². The second kappa shape index (κ2) is 24.9. The van der Waals surface area contributed by atoms with Gasteiger partial charge in [0.15, 0.2) is 0 Å². The summed E-state index contributed by atoms with van der Waals surface area (Å²) >= 11 is 0. The summed E-state index contributed by atoms with van der Waals surface area (Å²) in [5.41, 5.74) is 5.53. The summed E-state index contributed by atoms with van der Waals surface area (Å²) in [6.45, 7) is 22.8. The Balaban J connectivity index is 4.16. The molecule has 0 saturated carbocycles. The Labute approximate surface area is 252 Å². The maximum absolute atomic E-state index is 2.41. The Kier molecular flexibility index (Phi) is 23.8. The van der Waals surface area contributed by atoms with E-state index in [1.165, 1.54) is 99.3 Å². The van der Waals surface area contributed by atoms with Crippen LogP contribution < -0.4 is 0 Å². The van der Waals surface area contributed by atoms with Gasteiger partial charge in [0.05, 0.1) is 0 Å². The molecule has 0 aromatic carbocycles. The van der Waals surface area contributed by atoms with Crippen molar-refractivity contribution in [3.8, 4) is 0 Å². The average molecular weight is 549 g/mol. The lowest BCUT2D eigenvalue weighted by Crippen LogP contribution is -1.98. The summed E-state index contributed by atoms with van der Waals surface area (Å²) in [6, 6.07) is 0. The van der Waals surface area contributed by atoms with Gasteiger partial charge >= 0.3 is 0 Å². The van der Waals surface area contributed by atoms with Gasteiger partial charge in [-0.15, -0.1) is 0 Å². The van der Waals surface area contributed by atoms with Crippen LogP contribution in [0.4, 0.5) is 0 Å². The molecule has 0 aromatic rings. The summed E-state index contributed by atoms with van der Waals surface area (Å²) < 4.78 is 0. The molecule has 0 rings (SSSR count). The predicted molar refractivity (Wildman–Crippen MR) is 186 cm³/mol. The highest BCUT2D eigenvalue weighted by Gasteiger charge is 2.05. The molecule has 0 radical (unpaired) electrons. The molecule has 0 aliphatic heterocycles. The van der Waals surface area contributed by atoms with E-state index >= 15 is 0 Å². The first kappa shape index (κ1) is 38.2. The van der Waals surface area contributed by atoms with Crippen LogP contribution in [0.25, 0.3) is 0 Å². The first-order valence-electron chi connectivity index (χ1n) is 16.6. The van der Waals surface area contributed by atoms with Gasteiger partial charge in [-0.1, -0.05) is 149 Å². The second-order valence-electron chi connectivity index (χ2n) is 13.5. The second-order valence-corrected chi connectivity index (χ2v) is 13.5. The van der Waals surface area contributed by atoms with Crippen molar-refractivity contribution in [1.82, 2.24) is 0 Å². The van der Waals surface area contributed by atoms with Gasteiger partial charge in [0.2, 0.25) is 0 Å². The van der Waals surface area contributed by atoms with Crippen molar-refractivity contribution >= 4 is 0 Å². The number of hydrogen-bond acceptors (Lipinski definition) is 0. The maximum atomic E-state index is 2.41. The van der Waals surface area contributed by atoms with E-state index in [9.17, 15) is 0 Å². The van der Waals surface area contributed by atoms with E-state index in [1.807, 2.05) is 0 Å². The zero-order chi connectivity index (χ0) is 30.2. The Morgan fingerprint density at radius 1 is 0.475 bits per heavy atom. The smallest absolute Gasteiger partial charge is 0.0322 e. The largest absolute Gasteiger partial charge is 0.0859 e. The number of allylic oxidation sites excluding steroid dienone is 14. The third kappa shape index (κ3) is 26.4. The van der Waals surface area contributed by atoms with Crippen molar-refractivity contribution in [2.24, 2.45) is 23.7 Å². The Hall–Kier alpha value is -1.82. The molecule has 0 fully saturated rings. The molecule has 0 N–H and O–H groups in total. The molecule has 0 aliphatic rings. The van der Waals surface area contributed by atoms with Gasteiger partial charge in [-0.05, 0) is 104 Å². The normalized spacial score (nSPS) is 16.1. The van der Waals surface area contributed by atoms with Crippen LogP contribution in [0.15, 0.2) is 83.1 Å². The van der Waals surface area contributed by atoms with Crippen LogP contribution in [0.5, 0.6) is 0 Å². The molecule has 0 heteroatoms. The highest BCUT2D eigenvalue weighted by atomic mass is 14.1. The van der Waals surface area contributed by atoms with Crippen molar-refractivity contribution in [1.29, 1.82) is 0 Å². The van der Waals surface area contributed by atoms with Gasteiger partial charge in [0.25, 0.3) is 0 Å². The molecule has 4 atom stereocenters. The third-order valence-electron chi connectivity index (χ3n) is 7.88. The topological polar surface area (TPSA) is 0 Å². The van der Waals surface area contributed by atoms with Gasteiger partial charge in [-0.2, -0.15) is 0 Å². The first-order valence-corrected chi connectivity index (χ1v) is 16.6. The van der Waals surface area contributed by atoms with Crippen molar-refractivity contribution in [2.45, 2.75) is 146 Å². The molecule has 228 valence electrons. The monoisotopic (exact) mass is 549 g/mol. The molecule has 40 heavy (non-hydrogen) atoms. The highest BCUT2D eigenvalue weighted by Crippen LogP contribution is 2.21. The molecule has 0 aromatic heterocycles. The SMILES string of the molecule is CC(C)=CCCC(C)CCCC(C)CC=CC(C)=CC=CC=C(C)C=CCC(C)CCCC(C)CCC=C(C)C. The molecule has 0 bridgehead atoms. The molecule has 0 saturated heterocycles. The van der Waals surface area contributed by atoms with Crippen molar-refractivity contribution in [3.05, 3.63) is 83.1 Å². The fraction of sp³-hybridized carbons (Fsp3) is 0.650. The highest BCUT2D eigenvalue weighted by molar-refractivity contribution is 5.27. The molecule has 0 amide bonds. The minimum Gasteiger partial charge on any atom is -0.0859 e. The third-order valence-corrected chi connectivity index (χ3v) is 7.88. The van der Waals surface area contributed by atoms with E-state index in [2.05, 4.69) is 130 Å². The zero-order valence-electron chi connectivity index (χ0n) is 28.6. The number of rotatable bonds is 22. The summed E-state index contributed by atoms with van der Waals surface area (Å²) in [5, 5.41) is 0. The van der Waals surface area contributed by atoms with Gasteiger partial charge in [-0.3, -0.25) is 0 Å². The molecular formula is C40H68. The Morgan fingerprint density at radius 3 is 1.18 bits per heavy atom. The van der Waals surface area contributed by atoms with Crippen molar-refractivity contribution in [3.63, 3.8) is 0 Å². The quantitative estimate of drug-likeness (QED) is 0.0932. The van der Waals surface area contributed by atoms with Crippen LogP contribution in [0.2, 0.25) is 0 Å². The molecule has 4 unspecified atom stereocenters. The standard InChI is InChI=1S/C40H68/c1-33(2)19-13-23-37(7)27-17-31-39(9)29-15-25-35(5)21-11-12-22-36(6)26-16-30-40(10)32-18-28-38(8)24-14-20-34(3)4/h11-12,15-16,19-22,25-26,37-40H,13-14,17-18,23-24,27-32H2,1-10H3. The van der Waals surface area contributed by atoms with Crippen LogP contribution in [0, 0.1) is 23.7 Å². The van der Waals surface area contributed by atoms with E-state index in [1.54, 1.807) is 0 Å². The van der Waals surface area contributed by atoms with Crippen LogP contribution in [-0.2, 0) is 0 Å². The summed E-state index contributed by atoms with van der Waals surface area (Å²) in [4.78, 5) is 0. The molecule has 0 spiro atoms. The average Bonchev–Trinajstić information content (AvgIpc) is 2.86. The minimum atomic E-state index is 0.769. The van der Waals surface area contributed by atoms with Crippen molar-refractivity contribution in [2.75, 3.05) is 0 Å². The Bertz CT molecular complexity index is 759. The van der Waals surface area contributed by atoms with Gasteiger partial charge in [-0.25, -0.2) is 0 Å². The lowest BCUT2D eigenvalue weighted by Gasteiger charge is -2.12. The molecule has 0 aliphatic carbocycles. The van der Waals surface area contributed by atoms with Gasteiger partial charge in [0.1, 0.15) is 0 Å². The van der Waals surface area contributed by atoms with Crippen molar-refractivity contribution < 1.29 is 0 Å². The van der Waals surface area contributed by atoms with E-state index in [0.717, 1.165) is 23.7 Å². The summed E-state index contributed by atoms with van der Waals surface area (Å²) in [5.74, 6) is 3.23. The zero-order valence-corrected chi connectivity index (χ0v) is 28.6. The van der Waals surface area contributed by atoms with Crippen LogP contribution in [0.1, 0.15) is 146 Å². The van der Waals surface area contributed by atoms with Crippen LogP contribution >= 0.6 is 0 Å². The fourth-order valence-corrected chi connectivity index (χ4v) is 4.97. The Morgan fingerprint density at radius 2 is 0.825 bits per heavy atom. The lowest BCUT2D eigenvalue weighted by atomic mass is 9.94. The van der Waals surface area contributed by atoms with Gasteiger partial charge < -0.3 is 0 Å². The predicted octanol–water partition coefficient (Wildman–Crippen LogP) is 13.7. The molecule has 0 nitrogen and oxygen atoms in total. The summed E-state index contributed by atoms with van der Waals surface area (Å²) in [7, 11) is 0. The van der Waals surface area contributed by atoms with E-state index in [4.69, 9.17) is 0 Å². The maximum Gasteiger partial charge on any atom is -0.0322 e. The van der Waals surface area contributed by atoms with E-state index in [-0.39, 0.29) is 0 Å². The van der Waals surface area contributed by atoms with Crippen LogP contribution in [-0.4, -0.2) is 0 Å². The van der Waals surface area contributed by atoms with E-state index < -0.39 is 0 Å². The first-order chi connectivity index (χ1) is 19.0. The minimum absolute atomic E-state index is 0.769. The number of hydrogen-bond donors (Lipinski definition) is 0. The van der Waals surface area contributed by atoms with Gasteiger partial charge in [0, 0.05) is 0 Å².